The first kappa shape index (κ1) is 20.0. The van der Waals surface area contributed by atoms with Crippen LogP contribution in [0.1, 0.15) is 47.0 Å². The molecule has 2 rings (SSSR count). The fourth-order valence-corrected chi connectivity index (χ4v) is 3.08. The topological polar surface area (TPSA) is 59.9 Å². The van der Waals surface area contributed by atoms with Gasteiger partial charge in [0.25, 0.3) is 0 Å². The van der Waals surface area contributed by atoms with Crippen LogP contribution in [0.3, 0.4) is 0 Å². The molecule has 5 nitrogen and oxygen atoms in total. The number of aliphatic hydroxyl groups is 1. The average molecular weight is 424 g/mol. The van der Waals surface area contributed by atoms with Crippen molar-refractivity contribution in [3.8, 4) is 0 Å². The molecule has 1 heterocycles. The molecule has 0 radical (unpaired) electrons. The molecule has 22 heavy (non-hydrogen) atoms. The molecule has 0 aromatic heterocycles. The number of rotatable bonds is 5. The van der Waals surface area contributed by atoms with Gasteiger partial charge in [0, 0.05) is 31.7 Å². The molecule has 0 amide bonds. The van der Waals surface area contributed by atoms with Crippen LogP contribution in [0.5, 0.6) is 0 Å². The molecule has 130 valence electrons. The van der Waals surface area contributed by atoms with E-state index in [4.69, 9.17) is 0 Å². The maximum atomic E-state index is 10.2. The van der Waals surface area contributed by atoms with Gasteiger partial charge in [-0.2, -0.15) is 0 Å². The first-order chi connectivity index (χ1) is 9.93. The highest BCUT2D eigenvalue weighted by Gasteiger charge is 2.35. The summed E-state index contributed by atoms with van der Waals surface area (Å²) in [6.45, 7) is 12.4. The minimum absolute atomic E-state index is 0. The maximum Gasteiger partial charge on any atom is 0.191 e. The van der Waals surface area contributed by atoms with E-state index in [0.29, 0.717) is 24.5 Å². The summed E-state index contributed by atoms with van der Waals surface area (Å²) in [7, 11) is 0. The summed E-state index contributed by atoms with van der Waals surface area (Å²) in [5.74, 6) is 1.46. The minimum Gasteiger partial charge on any atom is -0.388 e. The molecule has 3 N–H and O–H groups in total. The van der Waals surface area contributed by atoms with E-state index >= 15 is 0 Å². The Morgan fingerprint density at radius 2 is 2.05 bits per heavy atom. The maximum absolute atomic E-state index is 10.2. The van der Waals surface area contributed by atoms with E-state index in [1.165, 1.54) is 0 Å². The molecule has 1 saturated heterocycles. The van der Waals surface area contributed by atoms with Crippen LogP contribution in [0.15, 0.2) is 4.99 Å². The Morgan fingerprint density at radius 3 is 2.50 bits per heavy atom. The van der Waals surface area contributed by atoms with Gasteiger partial charge in [0.15, 0.2) is 5.96 Å². The smallest absolute Gasteiger partial charge is 0.191 e. The number of nitrogens with zero attached hydrogens (tertiary/aromatic N) is 2. The van der Waals surface area contributed by atoms with Gasteiger partial charge >= 0.3 is 0 Å². The lowest BCUT2D eigenvalue weighted by Gasteiger charge is -2.35. The van der Waals surface area contributed by atoms with Crippen LogP contribution in [0.4, 0.5) is 0 Å². The van der Waals surface area contributed by atoms with Crippen LogP contribution in [0, 0.1) is 5.92 Å². The van der Waals surface area contributed by atoms with Crippen molar-refractivity contribution in [2.75, 3.05) is 26.2 Å². The summed E-state index contributed by atoms with van der Waals surface area (Å²) in [4.78, 5) is 7.11. The normalized spacial score (nSPS) is 28.2. The molecule has 0 spiro atoms. The molecule has 2 aliphatic rings. The predicted octanol–water partition coefficient (Wildman–Crippen LogP) is 1.80. The van der Waals surface area contributed by atoms with E-state index in [1.807, 2.05) is 0 Å². The summed E-state index contributed by atoms with van der Waals surface area (Å²) in [5, 5.41) is 17.0. The Kier molecular flexibility index (Phi) is 7.88. The van der Waals surface area contributed by atoms with Gasteiger partial charge in [-0.05, 0) is 46.0 Å². The lowest BCUT2D eigenvalue weighted by atomic mass is 9.80. The van der Waals surface area contributed by atoms with E-state index in [1.54, 1.807) is 0 Å². The summed E-state index contributed by atoms with van der Waals surface area (Å²) >= 11 is 0. The van der Waals surface area contributed by atoms with E-state index in [9.17, 15) is 5.11 Å². The monoisotopic (exact) mass is 424 g/mol. The molecular formula is C16H33IN4O. The van der Waals surface area contributed by atoms with Crippen molar-refractivity contribution in [3.63, 3.8) is 0 Å². The van der Waals surface area contributed by atoms with Crippen molar-refractivity contribution in [1.29, 1.82) is 0 Å². The number of hydrogen-bond donors (Lipinski definition) is 3. The number of nitrogens with one attached hydrogen (secondary N) is 2. The third kappa shape index (κ3) is 5.23. The Balaban J connectivity index is 0.00000242. The lowest BCUT2D eigenvalue weighted by molar-refractivity contribution is -0.0236. The van der Waals surface area contributed by atoms with Gasteiger partial charge < -0.3 is 15.7 Å². The molecule has 1 aliphatic carbocycles. The summed E-state index contributed by atoms with van der Waals surface area (Å²) < 4.78 is 0. The summed E-state index contributed by atoms with van der Waals surface area (Å²) in [5.41, 5.74) is -0.548. The molecule has 1 saturated carbocycles. The zero-order valence-electron chi connectivity index (χ0n) is 14.4. The minimum atomic E-state index is -0.548. The van der Waals surface area contributed by atoms with Crippen molar-refractivity contribution in [2.45, 2.75) is 64.6 Å². The molecular weight excluding hydrogens is 391 g/mol. The Morgan fingerprint density at radius 1 is 1.36 bits per heavy atom. The molecule has 0 aromatic rings. The second-order valence-electron chi connectivity index (χ2n) is 7.05. The number of guanidine groups is 1. The second-order valence-corrected chi connectivity index (χ2v) is 7.05. The van der Waals surface area contributed by atoms with Gasteiger partial charge in [0.2, 0.25) is 0 Å². The second kappa shape index (κ2) is 8.68. The average Bonchev–Trinajstić information content (AvgIpc) is 2.76. The molecule has 2 atom stereocenters. The van der Waals surface area contributed by atoms with E-state index in [-0.39, 0.29) is 24.0 Å². The standard InChI is InChI=1S/C16H32N4O.HI/c1-5-17-15(18-11-16(21)7-6-8-16)19-14-10-20(12(2)3)9-13(14)4;/h12-14,21H,5-11H2,1-4H3,(H2,17,18,19);1H. The number of hydrogen-bond acceptors (Lipinski definition) is 3. The number of likely N-dealkylation sites (tertiary alicyclic amines) is 1. The molecule has 0 aromatic carbocycles. The highest BCUT2D eigenvalue weighted by atomic mass is 127. The first-order valence-electron chi connectivity index (χ1n) is 8.45. The highest BCUT2D eigenvalue weighted by Crippen LogP contribution is 2.31. The Labute approximate surface area is 152 Å². The van der Waals surface area contributed by atoms with Gasteiger partial charge in [0.1, 0.15) is 0 Å². The van der Waals surface area contributed by atoms with Crippen LogP contribution >= 0.6 is 24.0 Å². The number of halogens is 1. The van der Waals surface area contributed by atoms with E-state index < -0.39 is 5.60 Å². The summed E-state index contributed by atoms with van der Waals surface area (Å²) in [6, 6.07) is 1.02. The van der Waals surface area contributed by atoms with Crippen LogP contribution in [-0.2, 0) is 0 Å². The van der Waals surface area contributed by atoms with Crippen LogP contribution in [0.2, 0.25) is 0 Å². The zero-order valence-corrected chi connectivity index (χ0v) is 16.8. The third-order valence-electron chi connectivity index (χ3n) is 4.85. The zero-order chi connectivity index (χ0) is 15.5. The first-order valence-corrected chi connectivity index (χ1v) is 8.45. The fourth-order valence-electron chi connectivity index (χ4n) is 3.08. The van der Waals surface area contributed by atoms with Crippen LogP contribution in [0.25, 0.3) is 0 Å². The summed E-state index contributed by atoms with van der Waals surface area (Å²) in [6.07, 6.45) is 2.90. The molecule has 1 aliphatic heterocycles. The SMILES string of the molecule is CCNC(=NCC1(O)CCC1)NC1CN(C(C)C)CC1C.I. The van der Waals surface area contributed by atoms with Crippen LogP contribution < -0.4 is 10.6 Å². The number of aliphatic imine (C=N–C) groups is 1. The highest BCUT2D eigenvalue weighted by molar-refractivity contribution is 14.0. The van der Waals surface area contributed by atoms with Gasteiger partial charge in [-0.1, -0.05) is 6.92 Å². The third-order valence-corrected chi connectivity index (χ3v) is 4.85. The van der Waals surface area contributed by atoms with E-state index in [2.05, 4.69) is 48.2 Å². The van der Waals surface area contributed by atoms with Gasteiger partial charge in [0.05, 0.1) is 12.1 Å². The van der Waals surface area contributed by atoms with Crippen molar-refractivity contribution in [1.82, 2.24) is 15.5 Å². The Bertz CT molecular complexity index is 371. The van der Waals surface area contributed by atoms with Gasteiger partial charge in [-0.3, -0.25) is 9.89 Å². The van der Waals surface area contributed by atoms with Crippen molar-refractivity contribution in [2.24, 2.45) is 10.9 Å². The molecule has 6 heteroatoms. The van der Waals surface area contributed by atoms with Crippen molar-refractivity contribution in [3.05, 3.63) is 0 Å². The van der Waals surface area contributed by atoms with E-state index in [0.717, 1.165) is 44.9 Å². The largest absolute Gasteiger partial charge is 0.388 e. The molecule has 0 bridgehead atoms. The van der Waals surface area contributed by atoms with Gasteiger partial charge in [-0.25, -0.2) is 0 Å². The van der Waals surface area contributed by atoms with Crippen LogP contribution in [-0.4, -0.2) is 59.8 Å². The predicted molar refractivity (Wildman–Crippen MR) is 103 cm³/mol. The van der Waals surface area contributed by atoms with Crippen molar-refractivity contribution >= 4 is 29.9 Å². The Hall–Kier alpha value is -0.0800. The van der Waals surface area contributed by atoms with Crippen molar-refractivity contribution < 1.29 is 5.11 Å². The van der Waals surface area contributed by atoms with Gasteiger partial charge in [-0.15, -0.1) is 24.0 Å². The molecule has 2 fully saturated rings. The molecule has 2 unspecified atom stereocenters. The fraction of sp³-hybridized carbons (Fsp3) is 0.938. The lowest BCUT2D eigenvalue weighted by Crippen LogP contribution is -2.48. The quantitative estimate of drug-likeness (QED) is 0.358.